The summed E-state index contributed by atoms with van der Waals surface area (Å²) < 4.78 is 5.18. The molecule has 0 aromatic heterocycles. The van der Waals surface area contributed by atoms with Crippen LogP contribution < -0.4 is 20.7 Å². The monoisotopic (exact) mass is 427 g/mol. The van der Waals surface area contributed by atoms with Crippen molar-refractivity contribution in [2.75, 3.05) is 17.7 Å². The number of carbonyl (C=O) groups is 2. The molecule has 3 atom stereocenters. The van der Waals surface area contributed by atoms with E-state index in [1.807, 2.05) is 19.1 Å². The van der Waals surface area contributed by atoms with Crippen molar-refractivity contribution in [1.82, 2.24) is 5.32 Å². The lowest BCUT2D eigenvalue weighted by Crippen LogP contribution is -2.52. The minimum Gasteiger partial charge on any atom is -0.497 e. The smallest absolute Gasteiger partial charge is 0.250 e. The van der Waals surface area contributed by atoms with E-state index in [0.717, 1.165) is 11.1 Å². The van der Waals surface area contributed by atoms with E-state index in [1.165, 1.54) is 0 Å². The predicted molar refractivity (Wildman–Crippen MR) is 118 cm³/mol. The lowest BCUT2D eigenvalue weighted by molar-refractivity contribution is -0.130. The Labute approximate surface area is 181 Å². The minimum atomic E-state index is -1.14. The van der Waals surface area contributed by atoms with Crippen molar-refractivity contribution in [3.05, 3.63) is 52.5 Å². The second-order valence-electron chi connectivity index (χ2n) is 8.43. The lowest BCUT2D eigenvalue weighted by atomic mass is 9.79. The van der Waals surface area contributed by atoms with Crippen molar-refractivity contribution in [3.8, 4) is 5.75 Å². The summed E-state index contributed by atoms with van der Waals surface area (Å²) in [6.45, 7) is 6.11. The fourth-order valence-corrected chi connectivity index (χ4v) is 4.85. The van der Waals surface area contributed by atoms with Gasteiger partial charge in [-0.05, 0) is 55.2 Å². The fraction of sp³-hybridized carbons (Fsp3) is 0.391. The van der Waals surface area contributed by atoms with Gasteiger partial charge in [-0.15, -0.1) is 0 Å². The van der Waals surface area contributed by atoms with Crippen LogP contribution >= 0.6 is 11.6 Å². The van der Waals surface area contributed by atoms with Crippen LogP contribution in [0.25, 0.3) is 0 Å². The van der Waals surface area contributed by atoms with Crippen LogP contribution in [0.3, 0.4) is 0 Å². The molecule has 0 saturated carbocycles. The summed E-state index contributed by atoms with van der Waals surface area (Å²) >= 11 is 6.43. The molecule has 2 aliphatic heterocycles. The average Bonchev–Trinajstić information content (AvgIpc) is 3.24. The van der Waals surface area contributed by atoms with Gasteiger partial charge in [0, 0.05) is 17.3 Å². The summed E-state index contributed by atoms with van der Waals surface area (Å²) in [5.74, 6) is -0.0375. The number of aryl methyl sites for hydroxylation is 1. The Kier molecular flexibility index (Phi) is 5.24. The molecule has 0 bridgehead atoms. The third-order valence-electron chi connectivity index (χ3n) is 6.16. The third kappa shape index (κ3) is 3.24. The number of fused-ring (bicyclic) bond motifs is 2. The maximum Gasteiger partial charge on any atom is 0.250 e. The van der Waals surface area contributed by atoms with Crippen LogP contribution in [0.1, 0.15) is 31.4 Å². The number of rotatable bonds is 4. The number of halogens is 1. The standard InChI is InChI=1S/C23H26ClN3O3/c1-12(2)19-11-17(21(28)25-14-5-7-15(30-4)8-6-14)23(27-19)16-9-13(3)10-18(24)20(16)26-22(23)29/h5-10,12,17,19,27H,11H2,1-4H3,(H,25,28)(H,26,29)/t17-,19-,23+/m1/s1. The second kappa shape index (κ2) is 7.60. The number of ether oxygens (including phenoxy) is 1. The van der Waals surface area contributed by atoms with E-state index in [2.05, 4.69) is 29.8 Å². The Morgan fingerprint density at radius 3 is 2.60 bits per heavy atom. The van der Waals surface area contributed by atoms with Crippen LogP contribution in [0, 0.1) is 18.8 Å². The molecule has 2 heterocycles. The zero-order valence-electron chi connectivity index (χ0n) is 17.5. The molecular weight excluding hydrogens is 402 g/mol. The first-order chi connectivity index (χ1) is 14.3. The van der Waals surface area contributed by atoms with Gasteiger partial charge < -0.3 is 15.4 Å². The Hall–Kier alpha value is -2.57. The van der Waals surface area contributed by atoms with E-state index in [1.54, 1.807) is 31.4 Å². The molecule has 4 rings (SSSR count). The molecule has 1 fully saturated rings. The molecule has 3 N–H and O–H groups in total. The summed E-state index contributed by atoms with van der Waals surface area (Å²) in [4.78, 5) is 26.7. The topological polar surface area (TPSA) is 79.5 Å². The molecule has 0 unspecified atom stereocenters. The molecule has 2 aromatic rings. The highest BCUT2D eigenvalue weighted by atomic mass is 35.5. The van der Waals surface area contributed by atoms with Crippen molar-refractivity contribution in [3.63, 3.8) is 0 Å². The fourth-order valence-electron chi connectivity index (χ4n) is 4.53. The van der Waals surface area contributed by atoms with E-state index >= 15 is 0 Å². The molecule has 7 heteroatoms. The van der Waals surface area contributed by atoms with Gasteiger partial charge in [0.25, 0.3) is 0 Å². The molecule has 2 aromatic carbocycles. The number of benzene rings is 2. The van der Waals surface area contributed by atoms with Crippen LogP contribution in [-0.2, 0) is 15.1 Å². The molecule has 6 nitrogen and oxygen atoms in total. The average molecular weight is 428 g/mol. The summed E-state index contributed by atoms with van der Waals surface area (Å²) in [6, 6.07) is 10.9. The van der Waals surface area contributed by atoms with Gasteiger partial charge in [0.2, 0.25) is 11.8 Å². The van der Waals surface area contributed by atoms with Gasteiger partial charge in [0.1, 0.15) is 11.3 Å². The first-order valence-electron chi connectivity index (χ1n) is 10.1. The molecule has 0 aliphatic carbocycles. The van der Waals surface area contributed by atoms with E-state index in [9.17, 15) is 9.59 Å². The SMILES string of the molecule is COc1ccc(NC(=O)[C@H]2C[C@H](C(C)C)N[C@]23C(=O)Nc2c(Cl)cc(C)cc23)cc1. The normalized spacial score (nSPS) is 24.8. The van der Waals surface area contributed by atoms with Crippen molar-refractivity contribution in [2.45, 2.75) is 38.8 Å². The van der Waals surface area contributed by atoms with Gasteiger partial charge in [-0.3, -0.25) is 14.9 Å². The Balaban J connectivity index is 1.74. The first kappa shape index (κ1) is 20.7. The van der Waals surface area contributed by atoms with Crippen molar-refractivity contribution >= 4 is 34.8 Å². The summed E-state index contributed by atoms with van der Waals surface area (Å²) in [5, 5.41) is 9.89. The molecule has 2 aliphatic rings. The zero-order chi connectivity index (χ0) is 21.6. The molecule has 0 radical (unpaired) electrons. The zero-order valence-corrected chi connectivity index (χ0v) is 18.3. The van der Waals surface area contributed by atoms with Gasteiger partial charge in [-0.1, -0.05) is 31.5 Å². The van der Waals surface area contributed by atoms with E-state index in [4.69, 9.17) is 16.3 Å². The molecule has 30 heavy (non-hydrogen) atoms. The molecule has 1 spiro atoms. The predicted octanol–water partition coefficient (Wildman–Crippen LogP) is 4.08. The van der Waals surface area contributed by atoms with Gasteiger partial charge >= 0.3 is 0 Å². The number of hydrogen-bond donors (Lipinski definition) is 3. The Morgan fingerprint density at radius 2 is 1.97 bits per heavy atom. The lowest BCUT2D eigenvalue weighted by Gasteiger charge is -2.30. The molecule has 1 saturated heterocycles. The van der Waals surface area contributed by atoms with Crippen LogP contribution in [0.15, 0.2) is 36.4 Å². The van der Waals surface area contributed by atoms with Crippen molar-refractivity contribution < 1.29 is 14.3 Å². The number of anilines is 2. The van der Waals surface area contributed by atoms with Gasteiger partial charge in [0.15, 0.2) is 0 Å². The maximum absolute atomic E-state index is 13.4. The number of carbonyl (C=O) groups excluding carboxylic acids is 2. The maximum atomic E-state index is 13.4. The summed E-state index contributed by atoms with van der Waals surface area (Å²) in [5.41, 5.74) is 1.79. The van der Waals surface area contributed by atoms with E-state index < -0.39 is 11.5 Å². The largest absolute Gasteiger partial charge is 0.497 e. The van der Waals surface area contributed by atoms with Gasteiger partial charge in [0.05, 0.1) is 23.7 Å². The number of methoxy groups -OCH3 is 1. The molecule has 2 amide bonds. The molecule has 158 valence electrons. The quantitative estimate of drug-likeness (QED) is 0.687. The highest BCUT2D eigenvalue weighted by Crippen LogP contribution is 2.50. The van der Waals surface area contributed by atoms with Crippen LogP contribution in [-0.4, -0.2) is 25.0 Å². The first-order valence-corrected chi connectivity index (χ1v) is 10.5. The van der Waals surface area contributed by atoms with Gasteiger partial charge in [-0.25, -0.2) is 0 Å². The van der Waals surface area contributed by atoms with Crippen molar-refractivity contribution in [1.29, 1.82) is 0 Å². The highest BCUT2D eigenvalue weighted by Gasteiger charge is 2.60. The minimum absolute atomic E-state index is 0.0209. The number of hydrogen-bond acceptors (Lipinski definition) is 4. The van der Waals surface area contributed by atoms with Crippen LogP contribution in [0.4, 0.5) is 11.4 Å². The number of nitrogens with one attached hydrogen (secondary N) is 3. The van der Waals surface area contributed by atoms with Crippen LogP contribution in [0.2, 0.25) is 5.02 Å². The van der Waals surface area contributed by atoms with Crippen LogP contribution in [0.5, 0.6) is 5.75 Å². The number of amides is 2. The van der Waals surface area contributed by atoms with Crippen molar-refractivity contribution in [2.24, 2.45) is 11.8 Å². The second-order valence-corrected chi connectivity index (χ2v) is 8.84. The van der Waals surface area contributed by atoms with E-state index in [-0.39, 0.29) is 23.8 Å². The molecular formula is C23H26ClN3O3. The Morgan fingerprint density at radius 1 is 1.27 bits per heavy atom. The Bertz CT molecular complexity index is 1010. The highest BCUT2D eigenvalue weighted by molar-refractivity contribution is 6.35. The van der Waals surface area contributed by atoms with Gasteiger partial charge in [-0.2, -0.15) is 0 Å². The summed E-state index contributed by atoms with van der Waals surface area (Å²) in [7, 11) is 1.59. The summed E-state index contributed by atoms with van der Waals surface area (Å²) in [6.07, 6.45) is 0.554. The van der Waals surface area contributed by atoms with E-state index in [0.29, 0.717) is 28.6 Å². The third-order valence-corrected chi connectivity index (χ3v) is 6.46.